The molecule has 1 heterocycles. The molecule has 3 rings (SSSR count). The van der Waals surface area contributed by atoms with Gasteiger partial charge < -0.3 is 10.1 Å². The zero-order valence-corrected chi connectivity index (χ0v) is 12.3. The van der Waals surface area contributed by atoms with E-state index in [9.17, 15) is 0 Å². The van der Waals surface area contributed by atoms with Crippen molar-refractivity contribution >= 4 is 0 Å². The Morgan fingerprint density at radius 2 is 2.00 bits per heavy atom. The summed E-state index contributed by atoms with van der Waals surface area (Å²) in [5, 5.41) is 7.82. The Balaban J connectivity index is 2.04. The quantitative estimate of drug-likeness (QED) is 0.907. The van der Waals surface area contributed by atoms with Gasteiger partial charge in [0.2, 0.25) is 0 Å². The number of aryl methyl sites for hydroxylation is 1. The van der Waals surface area contributed by atoms with Gasteiger partial charge in [0.1, 0.15) is 0 Å². The van der Waals surface area contributed by atoms with Gasteiger partial charge in [0.25, 0.3) is 0 Å². The minimum Gasteiger partial charge on any atom is -0.493 e. The number of aromatic nitrogens is 2. The Labute approximate surface area is 119 Å². The molecular weight excluding hydrogens is 250 g/mol. The molecule has 4 nitrogen and oxygen atoms in total. The molecule has 0 radical (unpaired) electrons. The van der Waals surface area contributed by atoms with Crippen molar-refractivity contribution in [2.75, 3.05) is 14.2 Å². The molecule has 1 aliphatic rings. The van der Waals surface area contributed by atoms with Gasteiger partial charge in [-0.15, -0.1) is 0 Å². The molecular formula is C16H21N3O. The zero-order valence-electron chi connectivity index (χ0n) is 12.3. The average Bonchev–Trinajstić information content (AvgIpc) is 3.21. The van der Waals surface area contributed by atoms with Crippen LogP contribution in [-0.4, -0.2) is 23.9 Å². The van der Waals surface area contributed by atoms with E-state index in [2.05, 4.69) is 40.7 Å². The highest BCUT2D eigenvalue weighted by Crippen LogP contribution is 2.57. The lowest BCUT2D eigenvalue weighted by molar-refractivity contribution is 0.376. The Hall–Kier alpha value is -1.81. The van der Waals surface area contributed by atoms with Crippen LogP contribution in [0.15, 0.2) is 36.5 Å². The molecule has 106 valence electrons. The minimum absolute atomic E-state index is 0.164. The molecule has 20 heavy (non-hydrogen) atoms. The summed E-state index contributed by atoms with van der Waals surface area (Å²) >= 11 is 0. The van der Waals surface area contributed by atoms with Crippen LogP contribution in [0.3, 0.4) is 0 Å². The molecule has 1 aromatic heterocycles. The van der Waals surface area contributed by atoms with E-state index in [4.69, 9.17) is 4.74 Å². The third-order valence-corrected chi connectivity index (χ3v) is 4.42. The maximum absolute atomic E-state index is 5.48. The molecule has 1 atom stereocenters. The summed E-state index contributed by atoms with van der Waals surface area (Å²) < 4.78 is 7.40. The summed E-state index contributed by atoms with van der Waals surface area (Å²) in [5.74, 6) is 0.856. The number of hydrogen-bond donors (Lipinski definition) is 1. The molecule has 1 fully saturated rings. The van der Waals surface area contributed by atoms with Crippen molar-refractivity contribution in [1.29, 1.82) is 0 Å². The number of ether oxygens (including phenoxy) is 1. The summed E-state index contributed by atoms with van der Waals surface area (Å²) in [4.78, 5) is 0. The number of methoxy groups -OCH3 is 1. The highest BCUT2D eigenvalue weighted by molar-refractivity contribution is 5.40. The van der Waals surface area contributed by atoms with Crippen LogP contribution < -0.4 is 10.1 Å². The van der Waals surface area contributed by atoms with Gasteiger partial charge in [-0.05, 0) is 25.5 Å². The molecule has 1 aliphatic carbocycles. The summed E-state index contributed by atoms with van der Waals surface area (Å²) in [6.07, 6.45) is 4.18. The summed E-state index contributed by atoms with van der Waals surface area (Å²) in [6.45, 7) is 0. The molecule has 0 bridgehead atoms. The molecule has 0 spiro atoms. The second-order valence-electron chi connectivity index (χ2n) is 5.47. The van der Waals surface area contributed by atoms with Crippen molar-refractivity contribution in [1.82, 2.24) is 15.1 Å². The van der Waals surface area contributed by atoms with E-state index in [-0.39, 0.29) is 11.5 Å². The first-order chi connectivity index (χ1) is 9.73. The Bertz CT molecular complexity index is 587. The van der Waals surface area contributed by atoms with Gasteiger partial charge in [-0.25, -0.2) is 0 Å². The Morgan fingerprint density at radius 1 is 1.30 bits per heavy atom. The number of benzene rings is 1. The molecule has 0 aliphatic heterocycles. The van der Waals surface area contributed by atoms with Gasteiger partial charge in [-0.3, -0.25) is 4.68 Å². The molecule has 1 N–H and O–H groups in total. The average molecular weight is 271 g/mol. The van der Waals surface area contributed by atoms with Gasteiger partial charge in [0, 0.05) is 12.5 Å². The molecule has 2 aromatic rings. The lowest BCUT2D eigenvalue weighted by atomic mass is 9.86. The Kier molecular flexibility index (Phi) is 3.26. The number of nitrogens with zero attached hydrogens (tertiary/aromatic N) is 2. The fourth-order valence-electron chi connectivity index (χ4n) is 3.24. The number of hydrogen-bond acceptors (Lipinski definition) is 3. The molecule has 4 heteroatoms. The normalized spacial score (nSPS) is 17.8. The topological polar surface area (TPSA) is 39.1 Å². The van der Waals surface area contributed by atoms with Crippen LogP contribution in [-0.2, 0) is 12.5 Å². The first-order valence-electron chi connectivity index (χ1n) is 7.01. The predicted octanol–water partition coefficient (Wildman–Crippen LogP) is 2.42. The standard InChI is InChI=1S/C16H21N3O/c1-17-15(14-13(20-3)11-18-19(14)2)16(9-10-16)12-7-5-4-6-8-12/h4-8,11,15,17H,9-10H2,1-3H3. The van der Waals surface area contributed by atoms with Gasteiger partial charge in [0.15, 0.2) is 5.75 Å². The van der Waals surface area contributed by atoms with Crippen LogP contribution in [0.5, 0.6) is 5.75 Å². The van der Waals surface area contributed by atoms with Crippen molar-refractivity contribution in [3.63, 3.8) is 0 Å². The largest absolute Gasteiger partial charge is 0.493 e. The maximum Gasteiger partial charge on any atom is 0.161 e. The van der Waals surface area contributed by atoms with E-state index in [0.29, 0.717) is 0 Å². The number of rotatable bonds is 5. The Morgan fingerprint density at radius 3 is 2.55 bits per heavy atom. The molecule has 1 aromatic carbocycles. The number of nitrogens with one attached hydrogen (secondary N) is 1. The highest BCUT2D eigenvalue weighted by Gasteiger charge is 2.52. The third-order valence-electron chi connectivity index (χ3n) is 4.42. The predicted molar refractivity (Wildman–Crippen MR) is 78.9 cm³/mol. The van der Waals surface area contributed by atoms with Crippen LogP contribution >= 0.6 is 0 Å². The maximum atomic E-state index is 5.48. The SMILES string of the molecule is CNC(c1c(OC)cnn1C)C1(c2ccccc2)CC1. The highest BCUT2D eigenvalue weighted by atomic mass is 16.5. The molecule has 0 amide bonds. The van der Waals surface area contributed by atoms with Gasteiger partial charge in [-0.2, -0.15) is 5.10 Å². The van der Waals surface area contributed by atoms with Crippen LogP contribution in [0.1, 0.15) is 30.1 Å². The summed E-state index contributed by atoms with van der Waals surface area (Å²) in [7, 11) is 5.69. The van der Waals surface area contributed by atoms with Crippen molar-refractivity contribution < 1.29 is 4.74 Å². The fourth-order valence-corrected chi connectivity index (χ4v) is 3.24. The minimum atomic E-state index is 0.164. The first-order valence-corrected chi connectivity index (χ1v) is 7.01. The number of likely N-dealkylation sites (N-methyl/N-ethyl adjacent to an activating group) is 1. The summed E-state index contributed by atoms with van der Waals surface area (Å²) in [6, 6.07) is 11.0. The van der Waals surface area contributed by atoms with E-state index in [1.54, 1.807) is 13.3 Å². The van der Waals surface area contributed by atoms with Crippen molar-refractivity contribution in [2.45, 2.75) is 24.3 Å². The molecule has 0 saturated heterocycles. The van der Waals surface area contributed by atoms with E-state index in [1.165, 1.54) is 18.4 Å². The lowest BCUT2D eigenvalue weighted by Gasteiger charge is -2.28. The van der Waals surface area contributed by atoms with E-state index >= 15 is 0 Å². The second-order valence-corrected chi connectivity index (χ2v) is 5.47. The van der Waals surface area contributed by atoms with E-state index in [0.717, 1.165) is 11.4 Å². The second kappa shape index (κ2) is 4.94. The lowest BCUT2D eigenvalue weighted by Crippen LogP contribution is -2.31. The molecule has 1 unspecified atom stereocenters. The third kappa shape index (κ3) is 1.91. The smallest absolute Gasteiger partial charge is 0.161 e. The summed E-state index contributed by atoms with van der Waals surface area (Å²) in [5.41, 5.74) is 2.68. The van der Waals surface area contributed by atoms with E-state index < -0.39 is 0 Å². The van der Waals surface area contributed by atoms with Crippen LogP contribution in [0, 0.1) is 0 Å². The van der Waals surface area contributed by atoms with Gasteiger partial charge in [0.05, 0.1) is 25.0 Å². The van der Waals surface area contributed by atoms with Crippen LogP contribution in [0.2, 0.25) is 0 Å². The van der Waals surface area contributed by atoms with Gasteiger partial charge >= 0.3 is 0 Å². The van der Waals surface area contributed by atoms with Crippen molar-refractivity contribution in [3.05, 3.63) is 47.8 Å². The fraction of sp³-hybridized carbons (Fsp3) is 0.438. The van der Waals surface area contributed by atoms with Crippen LogP contribution in [0.25, 0.3) is 0 Å². The first kappa shape index (κ1) is 13.2. The van der Waals surface area contributed by atoms with Crippen molar-refractivity contribution in [2.24, 2.45) is 7.05 Å². The molecule has 1 saturated carbocycles. The zero-order chi connectivity index (χ0) is 14.2. The van der Waals surface area contributed by atoms with Crippen molar-refractivity contribution in [3.8, 4) is 5.75 Å². The van der Waals surface area contributed by atoms with E-state index in [1.807, 2.05) is 18.8 Å². The van der Waals surface area contributed by atoms with Gasteiger partial charge in [-0.1, -0.05) is 30.3 Å². The monoisotopic (exact) mass is 271 g/mol. The van der Waals surface area contributed by atoms with Crippen LogP contribution in [0.4, 0.5) is 0 Å².